The smallest absolute Gasteiger partial charge is 0.242 e. The molecule has 1 aliphatic rings. The van der Waals surface area contributed by atoms with Crippen LogP contribution < -0.4 is 4.74 Å². The second-order valence-corrected chi connectivity index (χ2v) is 6.75. The molecule has 106 valence electrons. The molecule has 6 nitrogen and oxygen atoms in total. The fourth-order valence-electron chi connectivity index (χ4n) is 1.87. The Kier molecular flexibility index (Phi) is 3.21. The standard InChI is InChI=1S/C13H14N2O4S/c1-18-10-3-2-4-11(7-10)20(16,17)8-12-14-13(15-19-12)9-5-6-9/h2-4,7,9H,5-6,8H2,1H3. The second-order valence-electron chi connectivity index (χ2n) is 4.76. The van der Waals surface area contributed by atoms with E-state index in [4.69, 9.17) is 9.26 Å². The van der Waals surface area contributed by atoms with Crippen LogP contribution in [0.5, 0.6) is 5.75 Å². The molecular weight excluding hydrogens is 280 g/mol. The van der Waals surface area contributed by atoms with Crippen molar-refractivity contribution in [2.45, 2.75) is 29.4 Å². The molecule has 3 rings (SSSR count). The van der Waals surface area contributed by atoms with Crippen LogP contribution in [-0.4, -0.2) is 25.7 Å². The van der Waals surface area contributed by atoms with Crippen LogP contribution in [0, 0.1) is 0 Å². The number of hydrogen-bond acceptors (Lipinski definition) is 6. The molecule has 1 aliphatic carbocycles. The van der Waals surface area contributed by atoms with E-state index >= 15 is 0 Å². The van der Waals surface area contributed by atoms with Gasteiger partial charge in [-0.15, -0.1) is 0 Å². The fraction of sp³-hybridized carbons (Fsp3) is 0.385. The SMILES string of the molecule is COc1cccc(S(=O)(=O)Cc2nc(C3CC3)no2)c1. The normalized spacial score (nSPS) is 15.2. The van der Waals surface area contributed by atoms with E-state index < -0.39 is 9.84 Å². The Morgan fingerprint density at radius 1 is 1.40 bits per heavy atom. The summed E-state index contributed by atoms with van der Waals surface area (Å²) < 4.78 is 34.6. The van der Waals surface area contributed by atoms with Gasteiger partial charge in [-0.1, -0.05) is 11.2 Å². The molecule has 1 heterocycles. The van der Waals surface area contributed by atoms with Gasteiger partial charge in [0.25, 0.3) is 0 Å². The topological polar surface area (TPSA) is 82.3 Å². The first kappa shape index (κ1) is 13.1. The first-order valence-electron chi connectivity index (χ1n) is 6.28. The Bertz CT molecular complexity index is 719. The van der Waals surface area contributed by atoms with Gasteiger partial charge in [0.2, 0.25) is 5.89 Å². The summed E-state index contributed by atoms with van der Waals surface area (Å²) in [6, 6.07) is 6.33. The van der Waals surface area contributed by atoms with Crippen molar-refractivity contribution in [2.24, 2.45) is 0 Å². The van der Waals surface area contributed by atoms with Crippen molar-refractivity contribution in [3.05, 3.63) is 36.0 Å². The van der Waals surface area contributed by atoms with Gasteiger partial charge in [-0.2, -0.15) is 4.98 Å². The number of methoxy groups -OCH3 is 1. The predicted molar refractivity (Wildman–Crippen MR) is 70.2 cm³/mol. The van der Waals surface area contributed by atoms with Crippen molar-refractivity contribution in [3.63, 3.8) is 0 Å². The second kappa shape index (κ2) is 4.90. The largest absolute Gasteiger partial charge is 0.497 e. The molecule has 0 spiro atoms. The van der Waals surface area contributed by atoms with E-state index in [0.717, 1.165) is 12.8 Å². The first-order valence-corrected chi connectivity index (χ1v) is 7.93. The minimum atomic E-state index is -3.51. The summed E-state index contributed by atoms with van der Waals surface area (Å²) in [7, 11) is -2.02. The van der Waals surface area contributed by atoms with Crippen LogP contribution in [0.3, 0.4) is 0 Å². The van der Waals surface area contributed by atoms with Gasteiger partial charge in [-0.3, -0.25) is 0 Å². The highest BCUT2D eigenvalue weighted by atomic mass is 32.2. The van der Waals surface area contributed by atoms with Crippen molar-refractivity contribution in [3.8, 4) is 5.75 Å². The lowest BCUT2D eigenvalue weighted by Gasteiger charge is -2.04. The minimum Gasteiger partial charge on any atom is -0.497 e. The van der Waals surface area contributed by atoms with Crippen molar-refractivity contribution >= 4 is 9.84 Å². The Morgan fingerprint density at radius 3 is 2.90 bits per heavy atom. The van der Waals surface area contributed by atoms with Gasteiger partial charge in [0.05, 0.1) is 12.0 Å². The number of sulfone groups is 1. The summed E-state index contributed by atoms with van der Waals surface area (Å²) in [5.74, 6) is 1.29. The lowest BCUT2D eigenvalue weighted by atomic mass is 10.3. The molecule has 0 saturated heterocycles. The lowest BCUT2D eigenvalue weighted by Crippen LogP contribution is -2.05. The van der Waals surface area contributed by atoms with E-state index in [0.29, 0.717) is 17.5 Å². The van der Waals surface area contributed by atoms with Crippen LogP contribution in [0.2, 0.25) is 0 Å². The van der Waals surface area contributed by atoms with E-state index in [1.54, 1.807) is 12.1 Å². The Labute approximate surface area is 116 Å². The molecule has 0 amide bonds. The maximum absolute atomic E-state index is 12.3. The molecule has 0 N–H and O–H groups in total. The highest BCUT2D eigenvalue weighted by molar-refractivity contribution is 7.90. The van der Waals surface area contributed by atoms with Crippen LogP contribution in [0.1, 0.15) is 30.5 Å². The Hall–Kier alpha value is -1.89. The van der Waals surface area contributed by atoms with Gasteiger partial charge in [-0.25, -0.2) is 8.42 Å². The zero-order valence-electron chi connectivity index (χ0n) is 10.9. The number of nitrogens with zero attached hydrogens (tertiary/aromatic N) is 2. The van der Waals surface area contributed by atoms with Gasteiger partial charge < -0.3 is 9.26 Å². The van der Waals surface area contributed by atoms with Crippen molar-refractivity contribution in [1.82, 2.24) is 10.1 Å². The molecule has 1 aromatic heterocycles. The van der Waals surface area contributed by atoms with Gasteiger partial charge in [0, 0.05) is 5.92 Å². The Morgan fingerprint density at radius 2 is 2.20 bits per heavy atom. The average Bonchev–Trinajstić information content (AvgIpc) is 3.20. The highest BCUT2D eigenvalue weighted by Gasteiger charge is 2.29. The molecule has 1 saturated carbocycles. The van der Waals surface area contributed by atoms with Crippen LogP contribution in [-0.2, 0) is 15.6 Å². The third-order valence-electron chi connectivity index (χ3n) is 3.14. The van der Waals surface area contributed by atoms with E-state index in [1.807, 2.05) is 0 Å². The summed E-state index contributed by atoms with van der Waals surface area (Å²) in [6.07, 6.45) is 2.09. The molecule has 0 aliphatic heterocycles. The van der Waals surface area contributed by atoms with Crippen LogP contribution >= 0.6 is 0 Å². The molecule has 20 heavy (non-hydrogen) atoms. The summed E-state index contributed by atoms with van der Waals surface area (Å²) in [4.78, 5) is 4.32. The monoisotopic (exact) mass is 294 g/mol. The highest BCUT2D eigenvalue weighted by Crippen LogP contribution is 2.38. The molecule has 0 unspecified atom stereocenters. The number of rotatable bonds is 5. The van der Waals surface area contributed by atoms with Gasteiger partial charge in [0.1, 0.15) is 11.5 Å². The summed E-state index contributed by atoms with van der Waals surface area (Å²) in [6.45, 7) is 0. The third kappa shape index (κ3) is 2.67. The first-order chi connectivity index (χ1) is 9.58. The number of benzene rings is 1. The third-order valence-corrected chi connectivity index (χ3v) is 4.74. The van der Waals surface area contributed by atoms with E-state index in [1.165, 1.54) is 19.2 Å². The quantitative estimate of drug-likeness (QED) is 0.838. The number of ether oxygens (including phenoxy) is 1. The Balaban J connectivity index is 1.83. The van der Waals surface area contributed by atoms with Crippen LogP contribution in [0.15, 0.2) is 33.7 Å². The molecule has 7 heteroatoms. The maximum Gasteiger partial charge on any atom is 0.242 e. The number of aromatic nitrogens is 2. The molecule has 0 atom stereocenters. The molecular formula is C13H14N2O4S. The van der Waals surface area contributed by atoms with Crippen LogP contribution in [0.25, 0.3) is 0 Å². The van der Waals surface area contributed by atoms with E-state index in [9.17, 15) is 8.42 Å². The zero-order chi connectivity index (χ0) is 14.2. The molecule has 2 aromatic rings. The summed E-state index contributed by atoms with van der Waals surface area (Å²) in [5, 5.41) is 3.81. The molecule has 1 aromatic carbocycles. The van der Waals surface area contributed by atoms with Crippen LogP contribution in [0.4, 0.5) is 0 Å². The van der Waals surface area contributed by atoms with Crippen molar-refractivity contribution in [2.75, 3.05) is 7.11 Å². The van der Waals surface area contributed by atoms with Gasteiger partial charge in [-0.05, 0) is 31.0 Å². The van der Waals surface area contributed by atoms with Crippen molar-refractivity contribution in [1.29, 1.82) is 0 Å². The number of hydrogen-bond donors (Lipinski definition) is 0. The molecule has 1 fully saturated rings. The van der Waals surface area contributed by atoms with Gasteiger partial charge in [0.15, 0.2) is 15.7 Å². The summed E-state index contributed by atoms with van der Waals surface area (Å²) >= 11 is 0. The average molecular weight is 294 g/mol. The fourth-order valence-corrected chi connectivity index (χ4v) is 3.07. The molecule has 0 bridgehead atoms. The lowest BCUT2D eigenvalue weighted by molar-refractivity contribution is 0.382. The van der Waals surface area contributed by atoms with Gasteiger partial charge >= 0.3 is 0 Å². The van der Waals surface area contributed by atoms with Crippen molar-refractivity contribution < 1.29 is 17.7 Å². The van der Waals surface area contributed by atoms with E-state index in [2.05, 4.69) is 10.1 Å². The zero-order valence-corrected chi connectivity index (χ0v) is 11.8. The van der Waals surface area contributed by atoms with E-state index in [-0.39, 0.29) is 16.5 Å². The molecule has 0 radical (unpaired) electrons. The summed E-state index contributed by atoms with van der Waals surface area (Å²) in [5.41, 5.74) is 0. The minimum absolute atomic E-state index is 0.134. The predicted octanol–water partition coefficient (Wildman–Crippen LogP) is 1.93. The maximum atomic E-state index is 12.3.